The summed E-state index contributed by atoms with van der Waals surface area (Å²) in [5.74, 6) is 1.79. The number of guanidine groups is 1. The zero-order valence-electron chi connectivity index (χ0n) is 15.8. The van der Waals surface area contributed by atoms with Crippen molar-refractivity contribution in [3.8, 4) is 0 Å². The van der Waals surface area contributed by atoms with Crippen LogP contribution in [0.4, 0.5) is 0 Å². The van der Waals surface area contributed by atoms with E-state index in [-0.39, 0.29) is 5.60 Å². The van der Waals surface area contributed by atoms with Gasteiger partial charge in [-0.05, 0) is 31.9 Å². The molecule has 2 aromatic rings. The maximum Gasteiger partial charge on any atom is 0.191 e. The zero-order valence-corrected chi connectivity index (χ0v) is 15.8. The Hall–Kier alpha value is -2.34. The van der Waals surface area contributed by atoms with Crippen LogP contribution in [0.2, 0.25) is 0 Å². The highest BCUT2D eigenvalue weighted by molar-refractivity contribution is 5.79. The van der Waals surface area contributed by atoms with Gasteiger partial charge in [0.2, 0.25) is 0 Å². The van der Waals surface area contributed by atoms with E-state index in [1.54, 1.807) is 14.2 Å². The molecule has 0 atom stereocenters. The van der Waals surface area contributed by atoms with E-state index in [9.17, 15) is 0 Å². The number of aliphatic imine (C=N–C) groups is 1. The third kappa shape index (κ3) is 5.90. The predicted octanol–water partition coefficient (Wildman–Crippen LogP) is 2.33. The van der Waals surface area contributed by atoms with Crippen molar-refractivity contribution >= 4 is 5.96 Å². The van der Waals surface area contributed by atoms with Crippen molar-refractivity contribution in [3.05, 3.63) is 53.6 Å². The first-order valence-corrected chi connectivity index (χ1v) is 8.49. The largest absolute Gasteiger partial charge is 0.377 e. The van der Waals surface area contributed by atoms with Crippen LogP contribution in [0.5, 0.6) is 0 Å². The Morgan fingerprint density at radius 2 is 2.04 bits per heavy atom. The van der Waals surface area contributed by atoms with Crippen molar-refractivity contribution in [2.24, 2.45) is 4.99 Å². The van der Waals surface area contributed by atoms with Crippen LogP contribution in [0, 0.1) is 6.92 Å². The number of aromatic nitrogens is 2. The van der Waals surface area contributed by atoms with Gasteiger partial charge in [-0.1, -0.05) is 24.3 Å². The highest BCUT2D eigenvalue weighted by Gasteiger charge is 2.16. The second-order valence-electron chi connectivity index (χ2n) is 6.67. The second kappa shape index (κ2) is 8.67. The molecule has 0 spiro atoms. The number of nitrogens with one attached hydrogen (secondary N) is 2. The smallest absolute Gasteiger partial charge is 0.191 e. The first kappa shape index (κ1) is 19.0. The topological polar surface area (TPSA) is 63.5 Å². The SMILES string of the molecule is CN=C(NCc1cccc(Cn2ccnc2C)c1)NCC(C)(C)OC. The van der Waals surface area contributed by atoms with Crippen molar-refractivity contribution < 1.29 is 4.74 Å². The molecule has 6 nitrogen and oxygen atoms in total. The van der Waals surface area contributed by atoms with Crippen molar-refractivity contribution in [2.75, 3.05) is 20.7 Å². The lowest BCUT2D eigenvalue weighted by Gasteiger charge is -2.24. The number of aryl methyl sites for hydroxylation is 1. The number of hydrogen-bond acceptors (Lipinski definition) is 3. The van der Waals surface area contributed by atoms with Gasteiger partial charge in [-0.15, -0.1) is 0 Å². The maximum absolute atomic E-state index is 5.42. The van der Waals surface area contributed by atoms with Crippen molar-refractivity contribution in [1.82, 2.24) is 20.2 Å². The predicted molar refractivity (Wildman–Crippen MR) is 102 cm³/mol. The molecule has 6 heteroatoms. The number of hydrogen-bond donors (Lipinski definition) is 2. The number of benzene rings is 1. The highest BCUT2D eigenvalue weighted by Crippen LogP contribution is 2.09. The van der Waals surface area contributed by atoms with Crippen LogP contribution in [0.3, 0.4) is 0 Å². The first-order chi connectivity index (χ1) is 11.9. The molecule has 0 bridgehead atoms. The van der Waals surface area contributed by atoms with Gasteiger partial charge in [-0.2, -0.15) is 0 Å². The van der Waals surface area contributed by atoms with Crippen LogP contribution in [0.1, 0.15) is 30.8 Å². The summed E-state index contributed by atoms with van der Waals surface area (Å²) in [5.41, 5.74) is 2.23. The van der Waals surface area contributed by atoms with Gasteiger partial charge in [-0.3, -0.25) is 4.99 Å². The molecule has 0 radical (unpaired) electrons. The molecular weight excluding hydrogens is 314 g/mol. The third-order valence-electron chi connectivity index (χ3n) is 4.19. The van der Waals surface area contributed by atoms with Gasteiger partial charge >= 0.3 is 0 Å². The fourth-order valence-electron chi connectivity index (χ4n) is 2.38. The van der Waals surface area contributed by atoms with Crippen LogP contribution < -0.4 is 10.6 Å². The highest BCUT2D eigenvalue weighted by atomic mass is 16.5. The number of imidazole rings is 1. The van der Waals surface area contributed by atoms with E-state index in [1.807, 2.05) is 33.2 Å². The second-order valence-corrected chi connectivity index (χ2v) is 6.67. The summed E-state index contributed by atoms with van der Waals surface area (Å²) in [6.07, 6.45) is 3.83. The minimum absolute atomic E-state index is 0.236. The Morgan fingerprint density at radius 1 is 1.28 bits per heavy atom. The lowest BCUT2D eigenvalue weighted by atomic mass is 10.1. The van der Waals surface area contributed by atoms with Gasteiger partial charge in [0.25, 0.3) is 0 Å². The molecule has 1 heterocycles. The molecule has 2 N–H and O–H groups in total. The quantitative estimate of drug-likeness (QED) is 0.598. The molecule has 0 saturated heterocycles. The van der Waals surface area contributed by atoms with E-state index in [2.05, 4.69) is 49.4 Å². The van der Waals surface area contributed by atoms with Crippen molar-refractivity contribution in [1.29, 1.82) is 0 Å². The zero-order chi connectivity index (χ0) is 18.3. The molecule has 0 aliphatic carbocycles. The summed E-state index contributed by atoms with van der Waals surface area (Å²) in [7, 11) is 3.48. The lowest BCUT2D eigenvalue weighted by Crippen LogP contribution is -2.45. The average Bonchev–Trinajstić information content (AvgIpc) is 3.00. The first-order valence-electron chi connectivity index (χ1n) is 8.49. The van der Waals surface area contributed by atoms with Gasteiger partial charge in [0, 0.05) is 46.2 Å². The van der Waals surface area contributed by atoms with Gasteiger partial charge in [-0.25, -0.2) is 4.98 Å². The summed E-state index contributed by atoms with van der Waals surface area (Å²) in [6.45, 7) is 8.31. The van der Waals surface area contributed by atoms with Crippen molar-refractivity contribution in [3.63, 3.8) is 0 Å². The van der Waals surface area contributed by atoms with E-state index in [0.717, 1.165) is 18.3 Å². The van der Waals surface area contributed by atoms with Crippen LogP contribution in [0.25, 0.3) is 0 Å². The van der Waals surface area contributed by atoms with Gasteiger partial charge in [0.1, 0.15) is 5.82 Å². The van der Waals surface area contributed by atoms with E-state index in [4.69, 9.17) is 4.74 Å². The Labute approximate surface area is 150 Å². The minimum Gasteiger partial charge on any atom is -0.377 e. The maximum atomic E-state index is 5.42. The molecule has 0 amide bonds. The molecule has 0 saturated carbocycles. The fourth-order valence-corrected chi connectivity index (χ4v) is 2.38. The Morgan fingerprint density at radius 3 is 2.68 bits per heavy atom. The summed E-state index contributed by atoms with van der Waals surface area (Å²) < 4.78 is 7.56. The normalized spacial score (nSPS) is 12.3. The van der Waals surface area contributed by atoms with Crippen LogP contribution in [-0.2, 0) is 17.8 Å². The number of rotatable bonds is 7. The van der Waals surface area contributed by atoms with E-state index in [0.29, 0.717) is 13.1 Å². The summed E-state index contributed by atoms with van der Waals surface area (Å²) >= 11 is 0. The molecule has 136 valence electrons. The van der Waals surface area contributed by atoms with Gasteiger partial charge in [0.15, 0.2) is 5.96 Å². The number of ether oxygens (including phenoxy) is 1. The van der Waals surface area contributed by atoms with Crippen molar-refractivity contribution in [2.45, 2.75) is 39.5 Å². The van der Waals surface area contributed by atoms with Crippen LogP contribution in [-0.4, -0.2) is 41.8 Å². The van der Waals surface area contributed by atoms with E-state index < -0.39 is 0 Å². The Kier molecular flexibility index (Phi) is 6.58. The molecular formula is C19H29N5O. The molecule has 1 aromatic carbocycles. The van der Waals surface area contributed by atoms with Gasteiger partial charge in [0.05, 0.1) is 5.60 Å². The molecule has 0 aliphatic rings. The number of nitrogens with zero attached hydrogens (tertiary/aromatic N) is 3. The lowest BCUT2D eigenvalue weighted by molar-refractivity contribution is 0.0268. The summed E-state index contributed by atoms with van der Waals surface area (Å²) in [5, 5.41) is 6.63. The Bertz CT molecular complexity index is 705. The third-order valence-corrected chi connectivity index (χ3v) is 4.19. The molecule has 0 aliphatic heterocycles. The summed E-state index contributed by atoms with van der Waals surface area (Å²) in [4.78, 5) is 8.53. The van der Waals surface area contributed by atoms with E-state index in [1.165, 1.54) is 11.1 Å². The average molecular weight is 343 g/mol. The standard InChI is InChI=1S/C19H29N5O/c1-15-21-9-10-24(15)13-17-8-6-7-16(11-17)12-22-18(20-4)23-14-19(2,3)25-5/h6-11H,12-14H2,1-5H3,(H2,20,22,23). The monoisotopic (exact) mass is 343 g/mol. The molecule has 25 heavy (non-hydrogen) atoms. The Balaban J connectivity index is 1.92. The van der Waals surface area contributed by atoms with Crippen LogP contribution in [0.15, 0.2) is 41.7 Å². The molecule has 0 fully saturated rings. The minimum atomic E-state index is -0.236. The number of methoxy groups -OCH3 is 1. The summed E-state index contributed by atoms with van der Waals surface area (Å²) in [6, 6.07) is 8.54. The molecule has 0 unspecified atom stereocenters. The van der Waals surface area contributed by atoms with E-state index >= 15 is 0 Å². The molecule has 2 rings (SSSR count). The van der Waals surface area contributed by atoms with Gasteiger partial charge < -0.3 is 19.9 Å². The fraction of sp³-hybridized carbons (Fsp3) is 0.474. The van der Waals surface area contributed by atoms with Crippen LogP contribution >= 0.6 is 0 Å². The molecule has 1 aromatic heterocycles.